The van der Waals surface area contributed by atoms with E-state index in [2.05, 4.69) is 13.8 Å². The van der Waals surface area contributed by atoms with Gasteiger partial charge >= 0.3 is 12.0 Å². The second kappa shape index (κ2) is 5.61. The Kier molecular flexibility index (Phi) is 4.28. The third kappa shape index (κ3) is 2.83. The maximum Gasteiger partial charge on any atom is 0.327 e. The largest absolute Gasteiger partial charge is 0.480 e. The molecular weight excluding hydrogens is 264 g/mol. The molecule has 1 N–H and O–H groups in total. The number of carbonyl (C=O) groups excluding carboxylic acids is 1. The molecule has 19 heavy (non-hydrogen) atoms. The lowest BCUT2D eigenvalue weighted by atomic mass is 9.95. The monoisotopic (exact) mass is 286 g/mol. The van der Waals surface area contributed by atoms with Gasteiger partial charge in [0.2, 0.25) is 0 Å². The highest BCUT2D eigenvalue weighted by Crippen LogP contribution is 2.32. The molecule has 108 valence electrons. The molecule has 3 unspecified atom stereocenters. The fraction of sp³-hybridized carbons (Fsp3) is 0.846. The molecule has 5 nitrogen and oxygen atoms in total. The van der Waals surface area contributed by atoms with Crippen molar-refractivity contribution in [2.45, 2.75) is 38.6 Å². The summed E-state index contributed by atoms with van der Waals surface area (Å²) < 4.78 is 0. The Morgan fingerprint density at radius 1 is 1.37 bits per heavy atom. The highest BCUT2D eigenvalue weighted by molar-refractivity contribution is 8.00. The first-order valence-corrected chi connectivity index (χ1v) is 7.88. The number of carbonyl (C=O) groups is 2. The average Bonchev–Trinajstić information content (AvgIpc) is 2.94. The number of carboxylic acid groups (broad SMARTS) is 1. The molecule has 2 aliphatic heterocycles. The molecule has 6 heteroatoms. The lowest BCUT2D eigenvalue weighted by molar-refractivity contribution is -0.141. The van der Waals surface area contributed by atoms with Crippen LogP contribution in [-0.2, 0) is 4.79 Å². The lowest BCUT2D eigenvalue weighted by Crippen LogP contribution is -2.50. The molecule has 2 aliphatic rings. The maximum atomic E-state index is 12.5. The zero-order valence-corrected chi connectivity index (χ0v) is 12.5. The molecule has 0 aromatic heterocycles. The van der Waals surface area contributed by atoms with E-state index in [9.17, 15) is 14.7 Å². The van der Waals surface area contributed by atoms with Crippen LogP contribution in [0.1, 0.15) is 27.2 Å². The molecule has 0 bridgehead atoms. The highest BCUT2D eigenvalue weighted by atomic mass is 32.2. The van der Waals surface area contributed by atoms with Crippen molar-refractivity contribution in [1.29, 1.82) is 0 Å². The predicted octanol–water partition coefficient (Wildman–Crippen LogP) is 1.93. The second-order valence-electron chi connectivity index (χ2n) is 5.72. The van der Waals surface area contributed by atoms with E-state index >= 15 is 0 Å². The smallest absolute Gasteiger partial charge is 0.327 e. The van der Waals surface area contributed by atoms with Crippen LogP contribution < -0.4 is 0 Å². The predicted molar refractivity (Wildman–Crippen MR) is 75.1 cm³/mol. The van der Waals surface area contributed by atoms with E-state index < -0.39 is 12.0 Å². The molecule has 0 aromatic carbocycles. The number of urea groups is 1. The van der Waals surface area contributed by atoms with E-state index in [-0.39, 0.29) is 11.4 Å². The van der Waals surface area contributed by atoms with Gasteiger partial charge in [0, 0.05) is 18.8 Å². The van der Waals surface area contributed by atoms with E-state index in [1.54, 1.807) is 0 Å². The molecule has 2 saturated heterocycles. The number of hydrogen-bond acceptors (Lipinski definition) is 3. The molecule has 0 spiro atoms. The van der Waals surface area contributed by atoms with Crippen LogP contribution in [0.25, 0.3) is 0 Å². The number of amides is 2. The highest BCUT2D eigenvalue weighted by Gasteiger charge is 2.42. The second-order valence-corrected chi connectivity index (χ2v) is 7.06. The van der Waals surface area contributed by atoms with Gasteiger partial charge in [0.05, 0.1) is 5.37 Å². The van der Waals surface area contributed by atoms with Crippen LogP contribution in [0.4, 0.5) is 4.79 Å². The normalized spacial score (nSPS) is 31.3. The zero-order valence-electron chi connectivity index (χ0n) is 11.7. The van der Waals surface area contributed by atoms with E-state index in [0.29, 0.717) is 17.6 Å². The van der Waals surface area contributed by atoms with Crippen molar-refractivity contribution in [3.05, 3.63) is 0 Å². The minimum atomic E-state index is -0.898. The van der Waals surface area contributed by atoms with Gasteiger partial charge in [-0.25, -0.2) is 9.59 Å². The molecule has 2 heterocycles. The van der Waals surface area contributed by atoms with Crippen molar-refractivity contribution in [2.24, 2.45) is 11.8 Å². The minimum Gasteiger partial charge on any atom is -0.480 e. The molecule has 3 atom stereocenters. The SMILES string of the molecule is CC(C)C1CCN(C(=O)N2C(C)SCC2C(=O)O)C1. The summed E-state index contributed by atoms with van der Waals surface area (Å²) in [6, 6.07) is -0.779. The maximum absolute atomic E-state index is 12.5. The van der Waals surface area contributed by atoms with Crippen molar-refractivity contribution >= 4 is 23.8 Å². The first-order chi connectivity index (χ1) is 8.91. The third-order valence-electron chi connectivity index (χ3n) is 4.17. The van der Waals surface area contributed by atoms with Crippen LogP contribution in [-0.4, -0.2) is 57.2 Å². The summed E-state index contributed by atoms with van der Waals surface area (Å²) >= 11 is 1.53. The molecule has 0 saturated carbocycles. The van der Waals surface area contributed by atoms with Gasteiger partial charge in [0.1, 0.15) is 6.04 Å². The third-order valence-corrected chi connectivity index (χ3v) is 5.38. The van der Waals surface area contributed by atoms with Crippen molar-refractivity contribution in [3.63, 3.8) is 0 Å². The number of carboxylic acids is 1. The Bertz CT molecular complexity index is 375. The van der Waals surface area contributed by atoms with Crippen LogP contribution in [0, 0.1) is 11.8 Å². The van der Waals surface area contributed by atoms with E-state index in [4.69, 9.17) is 0 Å². The molecule has 0 radical (unpaired) electrons. The Morgan fingerprint density at radius 2 is 2.05 bits per heavy atom. The number of nitrogens with zero attached hydrogens (tertiary/aromatic N) is 2. The summed E-state index contributed by atoms with van der Waals surface area (Å²) in [7, 11) is 0. The topological polar surface area (TPSA) is 60.9 Å². The number of hydrogen-bond donors (Lipinski definition) is 1. The van der Waals surface area contributed by atoms with Crippen LogP contribution in [0.5, 0.6) is 0 Å². The van der Waals surface area contributed by atoms with Gasteiger partial charge in [-0.15, -0.1) is 11.8 Å². The summed E-state index contributed by atoms with van der Waals surface area (Å²) in [4.78, 5) is 27.1. The van der Waals surface area contributed by atoms with Crippen LogP contribution >= 0.6 is 11.8 Å². The Morgan fingerprint density at radius 3 is 2.58 bits per heavy atom. The summed E-state index contributed by atoms with van der Waals surface area (Å²) in [6.45, 7) is 7.76. The molecule has 2 rings (SSSR count). The van der Waals surface area contributed by atoms with Gasteiger partial charge in [-0.05, 0) is 25.2 Å². The Labute approximate surface area is 118 Å². The molecule has 0 aliphatic carbocycles. The van der Waals surface area contributed by atoms with E-state index in [0.717, 1.165) is 19.5 Å². The zero-order chi connectivity index (χ0) is 14.2. The fourth-order valence-electron chi connectivity index (χ4n) is 2.79. The van der Waals surface area contributed by atoms with Gasteiger partial charge in [-0.3, -0.25) is 4.90 Å². The quantitative estimate of drug-likeness (QED) is 0.842. The molecule has 2 amide bonds. The number of thioether (sulfide) groups is 1. The summed E-state index contributed by atoms with van der Waals surface area (Å²) in [5.74, 6) is 0.699. The first-order valence-electron chi connectivity index (χ1n) is 6.83. The van der Waals surface area contributed by atoms with Crippen molar-refractivity contribution in [3.8, 4) is 0 Å². The van der Waals surface area contributed by atoms with Gasteiger partial charge < -0.3 is 10.0 Å². The standard InChI is InChI=1S/C13H22N2O3S/c1-8(2)10-4-5-14(6-10)13(18)15-9(3)19-7-11(15)12(16)17/h8-11H,4-7H2,1-3H3,(H,16,17). The van der Waals surface area contributed by atoms with Crippen molar-refractivity contribution < 1.29 is 14.7 Å². The van der Waals surface area contributed by atoms with Gasteiger partial charge in [0.15, 0.2) is 0 Å². The molecule has 2 fully saturated rings. The van der Waals surface area contributed by atoms with Gasteiger partial charge in [-0.2, -0.15) is 0 Å². The summed E-state index contributed by atoms with van der Waals surface area (Å²) in [5, 5.41) is 9.16. The fourth-order valence-corrected chi connectivity index (χ4v) is 3.95. The Hall–Kier alpha value is -0.910. The van der Waals surface area contributed by atoms with Gasteiger partial charge in [-0.1, -0.05) is 13.8 Å². The molecular formula is C13H22N2O3S. The summed E-state index contributed by atoms with van der Waals surface area (Å²) in [5.41, 5.74) is 0. The van der Waals surface area contributed by atoms with Gasteiger partial charge in [0.25, 0.3) is 0 Å². The van der Waals surface area contributed by atoms with Crippen LogP contribution in [0.3, 0.4) is 0 Å². The number of aliphatic carboxylic acids is 1. The van der Waals surface area contributed by atoms with Crippen LogP contribution in [0.15, 0.2) is 0 Å². The lowest BCUT2D eigenvalue weighted by Gasteiger charge is -2.30. The minimum absolute atomic E-state index is 0.0494. The van der Waals surface area contributed by atoms with E-state index in [1.165, 1.54) is 16.7 Å². The van der Waals surface area contributed by atoms with E-state index in [1.807, 2.05) is 11.8 Å². The molecule has 0 aromatic rings. The van der Waals surface area contributed by atoms with Crippen molar-refractivity contribution in [1.82, 2.24) is 9.80 Å². The first kappa shape index (κ1) is 14.5. The summed E-state index contributed by atoms with van der Waals surface area (Å²) in [6.07, 6.45) is 1.02. The number of likely N-dealkylation sites (tertiary alicyclic amines) is 1. The average molecular weight is 286 g/mol. The van der Waals surface area contributed by atoms with Crippen molar-refractivity contribution in [2.75, 3.05) is 18.8 Å². The Balaban J connectivity index is 2.05. The number of rotatable bonds is 2. The van der Waals surface area contributed by atoms with Crippen LogP contribution in [0.2, 0.25) is 0 Å².